The van der Waals surface area contributed by atoms with Gasteiger partial charge in [-0.1, -0.05) is 70.2 Å². The first-order valence-electron chi connectivity index (χ1n) is 13.2. The van der Waals surface area contributed by atoms with Crippen LogP contribution < -0.4 is 4.74 Å². The van der Waals surface area contributed by atoms with Gasteiger partial charge in [0, 0.05) is 12.0 Å². The van der Waals surface area contributed by atoms with Crippen molar-refractivity contribution in [2.24, 2.45) is 0 Å². The second-order valence-corrected chi connectivity index (χ2v) is 9.82. The fourth-order valence-corrected chi connectivity index (χ4v) is 4.83. The molecule has 0 aromatic heterocycles. The smallest absolute Gasteiger partial charge is 0.122 e. The van der Waals surface area contributed by atoms with Gasteiger partial charge in [-0.25, -0.2) is 0 Å². The van der Waals surface area contributed by atoms with E-state index < -0.39 is 11.7 Å². The second kappa shape index (κ2) is 13.2. The van der Waals surface area contributed by atoms with Gasteiger partial charge in [0.05, 0.1) is 11.7 Å². The maximum absolute atomic E-state index is 10.6. The normalized spacial score (nSPS) is 13.4. The Morgan fingerprint density at radius 3 is 2.00 bits per heavy atom. The fourth-order valence-electron chi connectivity index (χ4n) is 4.83. The summed E-state index contributed by atoms with van der Waals surface area (Å²) in [6.45, 7) is 13.0. The summed E-state index contributed by atoms with van der Waals surface area (Å²) < 4.78 is 5.88. The van der Waals surface area contributed by atoms with Gasteiger partial charge in [-0.15, -0.1) is 0 Å². The van der Waals surface area contributed by atoms with Crippen LogP contribution in [0.25, 0.3) is 6.08 Å². The molecule has 0 spiro atoms. The van der Waals surface area contributed by atoms with Crippen molar-refractivity contribution in [1.29, 1.82) is 0 Å². The Morgan fingerprint density at radius 2 is 1.49 bits per heavy atom. The van der Waals surface area contributed by atoms with E-state index in [4.69, 9.17) is 9.84 Å². The number of aliphatic hydroxyl groups is 3. The van der Waals surface area contributed by atoms with Gasteiger partial charge in [0.2, 0.25) is 0 Å². The van der Waals surface area contributed by atoms with Gasteiger partial charge >= 0.3 is 0 Å². The molecular weight excluding hydrogens is 436 g/mol. The molecule has 2 rings (SSSR count). The minimum absolute atomic E-state index is 0.0807. The number of aliphatic hydroxyl groups excluding tert-OH is 2. The number of benzene rings is 2. The average Bonchev–Trinajstić information content (AvgIpc) is 2.87. The van der Waals surface area contributed by atoms with E-state index in [1.165, 1.54) is 16.7 Å². The Balaban J connectivity index is 2.32. The molecule has 4 heteroatoms. The van der Waals surface area contributed by atoms with Crippen LogP contribution in [0.1, 0.15) is 94.0 Å². The number of hydrogen-bond donors (Lipinski definition) is 3. The summed E-state index contributed by atoms with van der Waals surface area (Å²) >= 11 is 0. The highest BCUT2D eigenvalue weighted by Gasteiger charge is 2.31. The lowest BCUT2D eigenvalue weighted by Crippen LogP contribution is -2.26. The molecule has 0 amide bonds. The number of hydrogen-bond acceptors (Lipinski definition) is 4. The zero-order valence-electron chi connectivity index (χ0n) is 22.6. The second-order valence-electron chi connectivity index (χ2n) is 9.82. The topological polar surface area (TPSA) is 69.9 Å². The van der Waals surface area contributed by atoms with Crippen LogP contribution in [0.4, 0.5) is 0 Å². The summed E-state index contributed by atoms with van der Waals surface area (Å²) in [6.07, 6.45) is 7.87. The van der Waals surface area contributed by atoms with Crippen LogP contribution in [-0.4, -0.2) is 40.2 Å². The molecule has 0 saturated heterocycles. The van der Waals surface area contributed by atoms with E-state index >= 15 is 0 Å². The molecule has 0 aliphatic heterocycles. The van der Waals surface area contributed by atoms with Crippen molar-refractivity contribution < 1.29 is 20.1 Å². The minimum atomic E-state index is -0.752. The first-order valence-corrected chi connectivity index (χ1v) is 13.2. The minimum Gasteiger partial charge on any atom is -0.491 e. The van der Waals surface area contributed by atoms with E-state index in [-0.39, 0.29) is 18.6 Å². The van der Waals surface area contributed by atoms with E-state index in [0.29, 0.717) is 25.7 Å². The third-order valence-corrected chi connectivity index (χ3v) is 7.68. The highest BCUT2D eigenvalue weighted by molar-refractivity contribution is 5.57. The van der Waals surface area contributed by atoms with Gasteiger partial charge in [-0.2, -0.15) is 0 Å². The van der Waals surface area contributed by atoms with Gasteiger partial charge in [0.15, 0.2) is 0 Å². The highest BCUT2D eigenvalue weighted by atomic mass is 16.5. The van der Waals surface area contributed by atoms with E-state index in [1.54, 1.807) is 0 Å². The van der Waals surface area contributed by atoms with Gasteiger partial charge in [0.25, 0.3) is 0 Å². The Bertz CT molecular complexity index is 954. The number of ether oxygens (including phenoxy) is 1. The SMILES string of the molecule is CCC(O)(C=Cc1ccc(C(CC)(CC)c2ccc(OC[C@H](O)CCCO)c(C)c2)cc1C)CC. The molecule has 0 fully saturated rings. The van der Waals surface area contributed by atoms with Crippen molar-refractivity contribution in [1.82, 2.24) is 0 Å². The molecule has 35 heavy (non-hydrogen) atoms. The first-order chi connectivity index (χ1) is 16.7. The van der Waals surface area contributed by atoms with E-state index in [1.807, 2.05) is 26.0 Å². The van der Waals surface area contributed by atoms with Crippen LogP contribution >= 0.6 is 0 Å². The first kappa shape index (κ1) is 29.1. The summed E-state index contributed by atoms with van der Waals surface area (Å²) in [5.41, 5.74) is 5.09. The van der Waals surface area contributed by atoms with Crippen molar-refractivity contribution in [2.45, 2.75) is 97.2 Å². The van der Waals surface area contributed by atoms with E-state index in [9.17, 15) is 10.2 Å². The van der Waals surface area contributed by atoms with Gasteiger partial charge < -0.3 is 20.1 Å². The van der Waals surface area contributed by atoms with Crippen molar-refractivity contribution in [2.75, 3.05) is 13.2 Å². The molecule has 194 valence electrons. The van der Waals surface area contributed by atoms with E-state index in [0.717, 1.165) is 29.7 Å². The van der Waals surface area contributed by atoms with Crippen LogP contribution in [0.5, 0.6) is 5.75 Å². The number of rotatable bonds is 14. The maximum Gasteiger partial charge on any atom is 0.122 e. The Labute approximate surface area is 212 Å². The van der Waals surface area contributed by atoms with Crippen LogP contribution in [0, 0.1) is 13.8 Å². The molecule has 0 unspecified atom stereocenters. The van der Waals surface area contributed by atoms with Gasteiger partial charge in [-0.05, 0) is 86.3 Å². The highest BCUT2D eigenvalue weighted by Crippen LogP contribution is 2.41. The molecule has 2 aromatic rings. The lowest BCUT2D eigenvalue weighted by molar-refractivity contribution is 0.0836. The lowest BCUT2D eigenvalue weighted by Gasteiger charge is -2.34. The van der Waals surface area contributed by atoms with Crippen molar-refractivity contribution in [3.05, 3.63) is 70.3 Å². The maximum atomic E-state index is 10.6. The quantitative estimate of drug-likeness (QED) is 0.288. The molecular formula is C31H46O4. The predicted octanol–water partition coefficient (Wildman–Crippen LogP) is 6.49. The molecule has 0 saturated carbocycles. The van der Waals surface area contributed by atoms with E-state index in [2.05, 4.69) is 64.1 Å². The molecule has 3 N–H and O–H groups in total. The van der Waals surface area contributed by atoms with Crippen LogP contribution in [0.2, 0.25) is 0 Å². The molecule has 0 heterocycles. The standard InChI is InChI=1S/C31H46O4/c1-7-30(34,8-2)18-17-25-13-14-26(20-23(25)5)31(9-3,10-4)27-15-16-29(24(6)21-27)35-22-28(33)12-11-19-32/h13-18,20-21,28,32-34H,7-12,19,22H2,1-6H3/t28-/m1/s1. The van der Waals surface area contributed by atoms with Gasteiger partial charge in [0.1, 0.15) is 12.4 Å². The molecule has 2 aromatic carbocycles. The third kappa shape index (κ3) is 7.19. The fraction of sp³-hybridized carbons (Fsp3) is 0.548. The molecule has 0 aliphatic carbocycles. The molecule has 0 bridgehead atoms. The zero-order valence-corrected chi connectivity index (χ0v) is 22.6. The summed E-state index contributed by atoms with van der Waals surface area (Å²) in [5.74, 6) is 0.786. The Hall–Kier alpha value is -2.14. The zero-order chi connectivity index (χ0) is 26.1. The van der Waals surface area contributed by atoms with Crippen molar-refractivity contribution in [3.8, 4) is 5.75 Å². The average molecular weight is 483 g/mol. The molecule has 0 radical (unpaired) electrons. The summed E-state index contributed by atoms with van der Waals surface area (Å²) in [6, 6.07) is 13.1. The Morgan fingerprint density at radius 1 is 0.886 bits per heavy atom. The van der Waals surface area contributed by atoms with Gasteiger partial charge in [-0.3, -0.25) is 0 Å². The molecule has 1 atom stereocenters. The van der Waals surface area contributed by atoms with Crippen LogP contribution in [0.15, 0.2) is 42.5 Å². The summed E-state index contributed by atoms with van der Waals surface area (Å²) in [5, 5.41) is 29.6. The monoisotopic (exact) mass is 482 g/mol. The molecule has 0 aliphatic rings. The molecule has 4 nitrogen and oxygen atoms in total. The third-order valence-electron chi connectivity index (χ3n) is 7.68. The van der Waals surface area contributed by atoms with Crippen molar-refractivity contribution in [3.63, 3.8) is 0 Å². The summed E-state index contributed by atoms with van der Waals surface area (Å²) in [4.78, 5) is 0. The van der Waals surface area contributed by atoms with Crippen LogP contribution in [-0.2, 0) is 5.41 Å². The largest absolute Gasteiger partial charge is 0.491 e. The van der Waals surface area contributed by atoms with Crippen LogP contribution in [0.3, 0.4) is 0 Å². The predicted molar refractivity (Wildman–Crippen MR) is 146 cm³/mol. The Kier molecular flexibility index (Phi) is 11.0. The lowest BCUT2D eigenvalue weighted by atomic mass is 9.70. The number of aryl methyl sites for hydroxylation is 2. The van der Waals surface area contributed by atoms with Crippen molar-refractivity contribution >= 4 is 6.08 Å². The summed E-state index contributed by atoms with van der Waals surface area (Å²) in [7, 11) is 0.